The Morgan fingerprint density at radius 3 is 2.05 bits per heavy atom. The van der Waals surface area contributed by atoms with Gasteiger partial charge in [-0.2, -0.15) is 0 Å². The minimum Gasteiger partial charge on any atom is -0.463 e. The van der Waals surface area contributed by atoms with Gasteiger partial charge >= 0.3 is 17.9 Å². The zero-order chi connectivity index (χ0) is 45.6. The average Bonchev–Trinajstić information content (AvgIpc) is 3.65. The molecule has 0 bridgehead atoms. The van der Waals surface area contributed by atoms with E-state index in [0.29, 0.717) is 38.5 Å². The molecule has 2 saturated heterocycles. The summed E-state index contributed by atoms with van der Waals surface area (Å²) in [6, 6.07) is 0. The van der Waals surface area contributed by atoms with Crippen LogP contribution in [-0.2, 0) is 57.0 Å². The minimum absolute atomic E-state index is 0.0128. The van der Waals surface area contributed by atoms with Crippen molar-refractivity contribution < 1.29 is 82.5 Å². The Morgan fingerprint density at radius 2 is 1.44 bits per heavy atom. The fourth-order valence-corrected chi connectivity index (χ4v) is 13.3. The molecule has 0 spiro atoms. The number of fused-ring (bicyclic) bond motifs is 5. The Kier molecular flexibility index (Phi) is 15.5. The summed E-state index contributed by atoms with van der Waals surface area (Å²) in [6.07, 6.45) is -8.03. The molecule has 2 aliphatic heterocycles. The topological polar surface area (TPSA) is 235 Å². The highest BCUT2D eigenvalue weighted by Gasteiger charge is 2.71. The van der Waals surface area contributed by atoms with E-state index < -0.39 is 126 Å². The Balaban J connectivity index is 1.20. The highest BCUT2D eigenvalue weighted by Crippen LogP contribution is 2.70. The summed E-state index contributed by atoms with van der Waals surface area (Å²) in [5.74, 6) is -2.95. The van der Waals surface area contributed by atoms with Gasteiger partial charge in [0.1, 0.15) is 24.9 Å². The third kappa shape index (κ3) is 9.33. The predicted molar refractivity (Wildman–Crippen MR) is 218 cm³/mol. The number of methoxy groups -OCH3 is 2. The van der Waals surface area contributed by atoms with Gasteiger partial charge in [0, 0.05) is 53.2 Å². The van der Waals surface area contributed by atoms with Gasteiger partial charge in [0.2, 0.25) is 0 Å². The van der Waals surface area contributed by atoms with Crippen LogP contribution >= 0.6 is 0 Å². The van der Waals surface area contributed by atoms with Gasteiger partial charge in [0.25, 0.3) is 0 Å². The van der Waals surface area contributed by atoms with Crippen molar-refractivity contribution in [2.75, 3.05) is 27.4 Å². The maximum absolute atomic E-state index is 12.8. The van der Waals surface area contributed by atoms with Gasteiger partial charge in [0.05, 0.1) is 42.7 Å². The fourth-order valence-electron chi connectivity index (χ4n) is 13.3. The van der Waals surface area contributed by atoms with E-state index in [1.165, 1.54) is 35.0 Å². The molecule has 17 nitrogen and oxygen atoms in total. The zero-order valence-electron chi connectivity index (χ0n) is 38.2. The number of hydrogen-bond acceptors (Lipinski definition) is 17. The van der Waals surface area contributed by atoms with Gasteiger partial charge in [-0.1, -0.05) is 34.6 Å². The van der Waals surface area contributed by atoms with E-state index in [9.17, 15) is 39.9 Å². The monoisotopic (exact) mass is 886 g/mol. The van der Waals surface area contributed by atoms with E-state index in [1.54, 1.807) is 0 Å². The van der Waals surface area contributed by atoms with E-state index in [4.69, 9.17) is 42.6 Å². The lowest BCUT2D eigenvalue weighted by Gasteiger charge is -2.66. The molecule has 17 heteroatoms. The Labute approximate surface area is 365 Å². The molecule has 5 N–H and O–H groups in total. The maximum Gasteiger partial charge on any atom is 0.303 e. The van der Waals surface area contributed by atoms with Crippen molar-refractivity contribution in [2.45, 2.75) is 192 Å². The first-order valence-electron chi connectivity index (χ1n) is 22.7. The third-order valence-corrected chi connectivity index (χ3v) is 16.0. The molecule has 2 heterocycles. The van der Waals surface area contributed by atoms with Gasteiger partial charge in [-0.3, -0.25) is 14.4 Å². The van der Waals surface area contributed by atoms with E-state index in [2.05, 4.69) is 13.8 Å². The van der Waals surface area contributed by atoms with E-state index in [1.807, 2.05) is 20.8 Å². The summed E-state index contributed by atoms with van der Waals surface area (Å²) in [7, 11) is 2.88. The van der Waals surface area contributed by atoms with E-state index in [-0.39, 0.29) is 43.3 Å². The lowest BCUT2D eigenvalue weighted by atomic mass is 9.41. The molecule has 0 unspecified atom stereocenters. The largest absolute Gasteiger partial charge is 0.463 e. The summed E-state index contributed by atoms with van der Waals surface area (Å²) in [6.45, 7) is 13.9. The van der Waals surface area contributed by atoms with Crippen LogP contribution < -0.4 is 0 Å². The van der Waals surface area contributed by atoms with Crippen molar-refractivity contribution >= 4 is 17.9 Å². The molecule has 4 aliphatic carbocycles. The molecular formula is C45H74O17. The highest BCUT2D eigenvalue weighted by atomic mass is 16.8. The van der Waals surface area contributed by atoms with Gasteiger partial charge in [-0.15, -0.1) is 0 Å². The number of aliphatic hydroxyl groups is 5. The lowest BCUT2D eigenvalue weighted by Crippen LogP contribution is -2.70. The van der Waals surface area contributed by atoms with Gasteiger partial charge in [0.15, 0.2) is 30.9 Å². The predicted octanol–water partition coefficient (Wildman–Crippen LogP) is 2.41. The Bertz CT molecular complexity index is 1560. The van der Waals surface area contributed by atoms with Gasteiger partial charge in [-0.05, 0) is 79.4 Å². The molecule has 62 heavy (non-hydrogen) atoms. The molecule has 6 aliphatic rings. The highest BCUT2D eigenvalue weighted by molar-refractivity contribution is 5.67. The average molecular weight is 887 g/mol. The van der Waals surface area contributed by atoms with Crippen LogP contribution in [0.5, 0.6) is 0 Å². The zero-order valence-corrected chi connectivity index (χ0v) is 38.2. The van der Waals surface area contributed by atoms with Crippen LogP contribution in [0, 0.1) is 46.3 Å². The summed E-state index contributed by atoms with van der Waals surface area (Å²) < 4.78 is 53.7. The van der Waals surface area contributed by atoms with Crippen molar-refractivity contribution in [3.8, 4) is 0 Å². The van der Waals surface area contributed by atoms with Crippen LogP contribution in [0.3, 0.4) is 0 Å². The first-order chi connectivity index (χ1) is 29.1. The minimum atomic E-state index is -1.35. The van der Waals surface area contributed by atoms with Crippen molar-refractivity contribution in [1.82, 2.24) is 0 Å². The van der Waals surface area contributed by atoms with Crippen LogP contribution in [0.2, 0.25) is 0 Å². The molecule has 0 radical (unpaired) electrons. The summed E-state index contributed by atoms with van der Waals surface area (Å²) in [5, 5.41) is 57.8. The van der Waals surface area contributed by atoms with E-state index in [0.717, 1.165) is 6.42 Å². The molecule has 356 valence electrons. The van der Waals surface area contributed by atoms with Crippen LogP contribution in [0.4, 0.5) is 0 Å². The summed E-state index contributed by atoms with van der Waals surface area (Å²) >= 11 is 0. The second-order valence-electron chi connectivity index (χ2n) is 20.1. The molecule has 21 atom stereocenters. The second kappa shape index (κ2) is 19.4. The van der Waals surface area contributed by atoms with Crippen LogP contribution in [0.25, 0.3) is 0 Å². The number of carbonyl (C=O) groups is 3. The smallest absolute Gasteiger partial charge is 0.303 e. The SMILES string of the molecule is CO[C@H]1[C@H](O[C@H]2[C@H](O[C@@H](CC[C@@H](C)[C@H]3C[C@@H](O)[C@@H]4[C@]3(C)CC[C@@H]3[C@@]5(C)CC[C@H](O)[C@H](O)[C@@H]5[C@@H](O)C[C@]34O)C(C)C)O[C@@H](COC(C)=O)[C@@H]2OC(C)=O)OC[C@@H](OC)[C@@H]1OC(C)=O. The number of aliphatic hydroxyl groups excluding tert-OH is 4. The number of carbonyl (C=O) groups excluding carboxylic acids is 3. The molecule has 0 amide bonds. The molecule has 0 aromatic rings. The van der Waals surface area contributed by atoms with Crippen molar-refractivity contribution in [3.05, 3.63) is 0 Å². The standard InChI is InChI=1S/C45H74O17/c1-21(2)30(12-11-22(3)26-17-28(50)40-43(26,7)16-14-33-44(8)15-13-27(49)35(52)34(44)29(51)18-45(33,40)53)60-42-39(37(59-25(6)48)32(61-42)20-56-23(4)46)62-41-38(55-10)36(58-24(5)47)31(54-9)19-57-41/h21-22,26-42,49-53H,11-20H2,1-10H3/t22-,26-,27+,28-,29+,30+,31-,32+,33-,34+,35+,36+,37+,38-,39-,40-,41+,42-,43-,44-,45+/m1/s1. The molecule has 6 rings (SSSR count). The number of rotatable bonds is 15. The number of hydrogen-bond donors (Lipinski definition) is 5. The first kappa shape index (κ1) is 49.4. The maximum atomic E-state index is 12.8. The molecular weight excluding hydrogens is 812 g/mol. The first-order valence-corrected chi connectivity index (χ1v) is 22.7. The molecule has 0 aromatic carbocycles. The van der Waals surface area contributed by atoms with Crippen molar-refractivity contribution in [1.29, 1.82) is 0 Å². The number of ether oxygens (including phenoxy) is 9. The van der Waals surface area contributed by atoms with E-state index >= 15 is 0 Å². The van der Waals surface area contributed by atoms with Crippen molar-refractivity contribution in [2.24, 2.45) is 46.3 Å². The molecule has 6 fully saturated rings. The molecule has 4 saturated carbocycles. The van der Waals surface area contributed by atoms with Crippen LogP contribution in [-0.4, -0.2) is 156 Å². The number of esters is 3. The second-order valence-corrected chi connectivity index (χ2v) is 20.1. The van der Waals surface area contributed by atoms with Crippen LogP contribution in [0.15, 0.2) is 0 Å². The quantitative estimate of drug-likeness (QED) is 0.117. The summed E-state index contributed by atoms with van der Waals surface area (Å²) in [4.78, 5) is 36.6. The van der Waals surface area contributed by atoms with Crippen molar-refractivity contribution in [3.63, 3.8) is 0 Å². The molecule has 0 aromatic heterocycles. The fraction of sp³-hybridized carbons (Fsp3) is 0.933. The Hall–Kier alpha value is -2.03. The summed E-state index contributed by atoms with van der Waals surface area (Å²) in [5.41, 5.74) is -2.39. The van der Waals surface area contributed by atoms with Gasteiger partial charge in [-0.25, -0.2) is 0 Å². The normalized spacial score (nSPS) is 46.3. The Morgan fingerprint density at radius 1 is 0.774 bits per heavy atom. The van der Waals surface area contributed by atoms with Gasteiger partial charge < -0.3 is 68.2 Å². The lowest BCUT2D eigenvalue weighted by molar-refractivity contribution is -0.314. The third-order valence-electron chi connectivity index (χ3n) is 16.0. The van der Waals surface area contributed by atoms with Crippen LogP contribution in [0.1, 0.15) is 107 Å².